The predicted octanol–water partition coefficient (Wildman–Crippen LogP) is 2.81. The molecule has 2 heteroatoms. The number of hydrogen-bond acceptors (Lipinski definition) is 2. The maximum Gasteiger partial charge on any atom is 0.105 e. The maximum absolute atomic E-state index is 10.9. The number of benzene rings is 1. The summed E-state index contributed by atoms with van der Waals surface area (Å²) in [5, 5.41) is 14.5. The Hall–Kier alpha value is -0.860. The topological polar surface area (TPSA) is 32.3 Å². The van der Waals surface area contributed by atoms with Crippen molar-refractivity contribution in [2.24, 2.45) is 0 Å². The largest absolute Gasteiger partial charge is 0.384 e. The molecule has 0 amide bonds. The van der Waals surface area contributed by atoms with E-state index >= 15 is 0 Å². The molecule has 2 nitrogen and oxygen atoms in total. The van der Waals surface area contributed by atoms with Gasteiger partial charge in [-0.2, -0.15) is 0 Å². The molecule has 1 aliphatic rings. The fraction of sp³-hybridized carbons (Fsp3) is 0.600. The zero-order chi connectivity index (χ0) is 12.3. The molecule has 1 fully saturated rings. The molecule has 2 N–H and O–H groups in total. The van der Waals surface area contributed by atoms with Crippen molar-refractivity contribution in [2.45, 2.75) is 57.2 Å². The van der Waals surface area contributed by atoms with E-state index in [0.717, 1.165) is 31.2 Å². The van der Waals surface area contributed by atoms with Gasteiger partial charge in [-0.05, 0) is 38.2 Å². The van der Waals surface area contributed by atoms with Gasteiger partial charge in [-0.1, -0.05) is 37.3 Å². The second-order valence-electron chi connectivity index (χ2n) is 5.21. The third-order valence-electron chi connectivity index (χ3n) is 4.00. The lowest BCUT2D eigenvalue weighted by molar-refractivity contribution is 0.0128. The lowest BCUT2D eigenvalue weighted by Crippen LogP contribution is -2.47. The van der Waals surface area contributed by atoms with Crippen LogP contribution in [0.1, 0.15) is 45.1 Å². The zero-order valence-corrected chi connectivity index (χ0v) is 10.8. The maximum atomic E-state index is 10.9. The molecule has 0 bridgehead atoms. The first kappa shape index (κ1) is 12.6. The fourth-order valence-corrected chi connectivity index (χ4v) is 2.74. The Labute approximate surface area is 104 Å². The molecule has 2 unspecified atom stereocenters. The van der Waals surface area contributed by atoms with Crippen molar-refractivity contribution in [3.63, 3.8) is 0 Å². The molecule has 1 aromatic carbocycles. The van der Waals surface area contributed by atoms with E-state index in [0.29, 0.717) is 6.04 Å². The first-order valence-corrected chi connectivity index (χ1v) is 6.70. The van der Waals surface area contributed by atoms with Crippen molar-refractivity contribution in [2.75, 3.05) is 0 Å². The summed E-state index contributed by atoms with van der Waals surface area (Å²) in [5.74, 6) is 0. The molecule has 1 aliphatic carbocycles. The van der Waals surface area contributed by atoms with Crippen LogP contribution in [-0.4, -0.2) is 17.2 Å². The van der Waals surface area contributed by atoms with E-state index in [1.54, 1.807) is 0 Å². The molecule has 0 heterocycles. The highest BCUT2D eigenvalue weighted by Gasteiger charge is 2.42. The molecule has 1 aromatic rings. The van der Waals surface area contributed by atoms with Gasteiger partial charge in [0.1, 0.15) is 5.60 Å². The van der Waals surface area contributed by atoms with Gasteiger partial charge in [-0.3, -0.25) is 0 Å². The van der Waals surface area contributed by atoms with Gasteiger partial charge in [0.05, 0.1) is 0 Å². The first-order valence-electron chi connectivity index (χ1n) is 6.70. The SMILES string of the molecule is CCC(C)N[C@H]1CCCC1(O)c1ccccc1. The Bertz CT molecular complexity index is 351. The van der Waals surface area contributed by atoms with E-state index in [9.17, 15) is 5.11 Å². The summed E-state index contributed by atoms with van der Waals surface area (Å²) in [5.41, 5.74) is 0.378. The summed E-state index contributed by atoms with van der Waals surface area (Å²) < 4.78 is 0. The van der Waals surface area contributed by atoms with Crippen LogP contribution in [0.3, 0.4) is 0 Å². The van der Waals surface area contributed by atoms with Crippen LogP contribution in [0.25, 0.3) is 0 Å². The third kappa shape index (κ3) is 2.53. The van der Waals surface area contributed by atoms with Gasteiger partial charge in [-0.25, -0.2) is 0 Å². The van der Waals surface area contributed by atoms with Crippen molar-refractivity contribution in [3.05, 3.63) is 35.9 Å². The van der Waals surface area contributed by atoms with E-state index < -0.39 is 5.60 Å². The molecule has 0 saturated heterocycles. The lowest BCUT2D eigenvalue weighted by Gasteiger charge is -2.33. The fourth-order valence-electron chi connectivity index (χ4n) is 2.74. The van der Waals surface area contributed by atoms with E-state index in [4.69, 9.17) is 0 Å². The van der Waals surface area contributed by atoms with E-state index in [1.165, 1.54) is 0 Å². The monoisotopic (exact) mass is 233 g/mol. The summed E-state index contributed by atoms with van der Waals surface area (Å²) in [6, 6.07) is 10.7. The molecule has 17 heavy (non-hydrogen) atoms. The van der Waals surface area contributed by atoms with Gasteiger partial charge in [0, 0.05) is 12.1 Å². The van der Waals surface area contributed by atoms with Crippen molar-refractivity contribution >= 4 is 0 Å². The number of hydrogen-bond donors (Lipinski definition) is 2. The molecule has 3 atom stereocenters. The smallest absolute Gasteiger partial charge is 0.105 e. The highest BCUT2D eigenvalue weighted by molar-refractivity contribution is 5.26. The van der Waals surface area contributed by atoms with Crippen LogP contribution in [0.2, 0.25) is 0 Å². The second-order valence-corrected chi connectivity index (χ2v) is 5.21. The Morgan fingerprint density at radius 3 is 2.76 bits per heavy atom. The second kappa shape index (κ2) is 5.19. The van der Waals surface area contributed by atoms with E-state index in [-0.39, 0.29) is 6.04 Å². The van der Waals surface area contributed by atoms with Crippen molar-refractivity contribution in [1.82, 2.24) is 5.32 Å². The number of rotatable bonds is 4. The first-order chi connectivity index (χ1) is 8.16. The average Bonchev–Trinajstić information content (AvgIpc) is 2.73. The number of nitrogens with one attached hydrogen (secondary N) is 1. The minimum absolute atomic E-state index is 0.194. The van der Waals surface area contributed by atoms with Crippen LogP contribution in [0.4, 0.5) is 0 Å². The Morgan fingerprint density at radius 2 is 2.12 bits per heavy atom. The van der Waals surface area contributed by atoms with Crippen LogP contribution >= 0.6 is 0 Å². The van der Waals surface area contributed by atoms with Crippen LogP contribution < -0.4 is 5.32 Å². The molecular weight excluding hydrogens is 210 g/mol. The zero-order valence-electron chi connectivity index (χ0n) is 10.8. The normalized spacial score (nSPS) is 30.4. The Kier molecular flexibility index (Phi) is 3.85. The third-order valence-corrected chi connectivity index (χ3v) is 4.00. The average molecular weight is 233 g/mol. The molecular formula is C15H23NO. The van der Waals surface area contributed by atoms with Crippen LogP contribution in [-0.2, 0) is 5.60 Å². The highest BCUT2D eigenvalue weighted by Crippen LogP contribution is 2.39. The van der Waals surface area contributed by atoms with Gasteiger partial charge < -0.3 is 10.4 Å². The molecule has 0 spiro atoms. The van der Waals surface area contributed by atoms with Gasteiger partial charge in [0.2, 0.25) is 0 Å². The standard InChI is InChI=1S/C15H23NO/c1-3-12(2)16-14-10-7-11-15(14,17)13-8-5-4-6-9-13/h4-6,8-9,12,14,16-17H,3,7,10-11H2,1-2H3/t12?,14-,15?/m0/s1. The Balaban J connectivity index is 2.17. The summed E-state index contributed by atoms with van der Waals surface area (Å²) in [6.07, 6.45) is 4.13. The van der Waals surface area contributed by atoms with Gasteiger partial charge >= 0.3 is 0 Å². The molecule has 0 aromatic heterocycles. The molecule has 1 saturated carbocycles. The van der Waals surface area contributed by atoms with Crippen molar-refractivity contribution in [1.29, 1.82) is 0 Å². The molecule has 0 radical (unpaired) electrons. The van der Waals surface area contributed by atoms with Crippen molar-refractivity contribution < 1.29 is 5.11 Å². The lowest BCUT2D eigenvalue weighted by atomic mass is 9.88. The van der Waals surface area contributed by atoms with Crippen LogP contribution in [0.15, 0.2) is 30.3 Å². The summed E-state index contributed by atoms with van der Waals surface area (Å²) in [6.45, 7) is 4.36. The summed E-state index contributed by atoms with van der Waals surface area (Å²) in [7, 11) is 0. The summed E-state index contributed by atoms with van der Waals surface area (Å²) >= 11 is 0. The minimum Gasteiger partial charge on any atom is -0.384 e. The van der Waals surface area contributed by atoms with E-state index in [1.807, 2.05) is 30.3 Å². The van der Waals surface area contributed by atoms with Crippen molar-refractivity contribution in [3.8, 4) is 0 Å². The molecule has 0 aliphatic heterocycles. The van der Waals surface area contributed by atoms with Gasteiger partial charge in [-0.15, -0.1) is 0 Å². The van der Waals surface area contributed by atoms with Crippen LogP contribution in [0, 0.1) is 0 Å². The van der Waals surface area contributed by atoms with Crippen LogP contribution in [0.5, 0.6) is 0 Å². The predicted molar refractivity (Wildman–Crippen MR) is 70.9 cm³/mol. The molecule has 2 rings (SSSR count). The molecule has 94 valence electrons. The Morgan fingerprint density at radius 1 is 1.41 bits per heavy atom. The minimum atomic E-state index is -0.676. The summed E-state index contributed by atoms with van der Waals surface area (Å²) in [4.78, 5) is 0. The highest BCUT2D eigenvalue weighted by atomic mass is 16.3. The van der Waals surface area contributed by atoms with Gasteiger partial charge in [0.15, 0.2) is 0 Å². The quantitative estimate of drug-likeness (QED) is 0.838. The van der Waals surface area contributed by atoms with Gasteiger partial charge in [0.25, 0.3) is 0 Å². The van der Waals surface area contributed by atoms with E-state index in [2.05, 4.69) is 19.2 Å². The number of aliphatic hydroxyl groups is 1.